The molecule has 2 saturated heterocycles. The second-order valence-corrected chi connectivity index (χ2v) is 7.16. The summed E-state index contributed by atoms with van der Waals surface area (Å²) in [5, 5.41) is 10.9. The van der Waals surface area contributed by atoms with Gasteiger partial charge in [-0.25, -0.2) is 0 Å². The summed E-state index contributed by atoms with van der Waals surface area (Å²) in [6, 6.07) is 11.8. The van der Waals surface area contributed by atoms with Gasteiger partial charge in [-0.3, -0.25) is 4.90 Å². The molecule has 0 aliphatic carbocycles. The largest absolute Gasteiger partial charge is 0.389 e. The Morgan fingerprint density at radius 3 is 2.43 bits per heavy atom. The fraction of sp³-hybridized carbons (Fsp3) is 0.579. The summed E-state index contributed by atoms with van der Waals surface area (Å²) in [7, 11) is 0. The number of fused-ring (bicyclic) bond motifs is 2. The van der Waals surface area contributed by atoms with E-state index in [1.165, 1.54) is 24.8 Å². The molecule has 0 radical (unpaired) electrons. The van der Waals surface area contributed by atoms with Crippen molar-refractivity contribution in [2.45, 2.75) is 69.7 Å². The van der Waals surface area contributed by atoms with E-state index in [0.29, 0.717) is 12.1 Å². The molecule has 0 aromatic heterocycles. The van der Waals surface area contributed by atoms with Gasteiger partial charge >= 0.3 is 0 Å². The molecule has 1 aromatic carbocycles. The molecule has 2 heterocycles. The Hall–Kier alpha value is -1.12. The molecule has 2 atom stereocenters. The third-order valence-corrected chi connectivity index (χ3v) is 5.08. The van der Waals surface area contributed by atoms with Crippen molar-refractivity contribution in [3.8, 4) is 0 Å². The topological polar surface area (TPSA) is 23.5 Å². The van der Waals surface area contributed by atoms with Gasteiger partial charge in [-0.1, -0.05) is 42.3 Å². The number of aliphatic hydroxyl groups is 1. The van der Waals surface area contributed by atoms with Gasteiger partial charge < -0.3 is 5.11 Å². The molecule has 2 heteroatoms. The van der Waals surface area contributed by atoms with Crippen LogP contribution in [-0.2, 0) is 6.54 Å². The molecule has 1 N–H and O–H groups in total. The first kappa shape index (κ1) is 14.8. The number of nitrogens with zero attached hydrogens (tertiary/aromatic N) is 1. The van der Waals surface area contributed by atoms with Crippen LogP contribution in [0.15, 0.2) is 42.5 Å². The Bertz CT molecular complexity index is 482. The summed E-state index contributed by atoms with van der Waals surface area (Å²) in [5.74, 6) is 0. The zero-order valence-corrected chi connectivity index (χ0v) is 13.1. The molecule has 21 heavy (non-hydrogen) atoms. The first-order valence-corrected chi connectivity index (χ1v) is 8.22. The number of rotatable bonds is 4. The summed E-state index contributed by atoms with van der Waals surface area (Å²) in [6.07, 6.45) is 6.33. The van der Waals surface area contributed by atoms with Crippen LogP contribution in [0, 0.1) is 0 Å². The van der Waals surface area contributed by atoms with Crippen LogP contribution in [0.1, 0.15) is 51.0 Å². The number of hydrogen-bond acceptors (Lipinski definition) is 2. The fourth-order valence-corrected chi connectivity index (χ4v) is 4.38. The van der Waals surface area contributed by atoms with Crippen LogP contribution in [0.3, 0.4) is 0 Å². The third kappa shape index (κ3) is 3.38. The van der Waals surface area contributed by atoms with Gasteiger partial charge in [-0.2, -0.15) is 0 Å². The number of benzene rings is 1. The maximum atomic E-state index is 10.9. The smallest absolute Gasteiger partial charge is 0.0714 e. The zero-order valence-electron chi connectivity index (χ0n) is 13.1. The maximum absolute atomic E-state index is 10.9. The molecule has 2 unspecified atom stereocenters. The Kier molecular flexibility index (Phi) is 4.19. The van der Waals surface area contributed by atoms with Gasteiger partial charge in [-0.05, 0) is 44.6 Å². The van der Waals surface area contributed by atoms with Crippen LogP contribution in [-0.4, -0.2) is 27.7 Å². The van der Waals surface area contributed by atoms with Crippen LogP contribution in [0.5, 0.6) is 0 Å². The van der Waals surface area contributed by atoms with E-state index >= 15 is 0 Å². The standard InChI is InChI=1S/C19H27NO/c1-15(2)11-19(21)12-17-9-6-10-18(13-19)20(17)14-16-7-4-3-5-8-16/h3-5,7-8,17-18,21H,1,6,9-14H2,2H3. The highest BCUT2D eigenvalue weighted by Crippen LogP contribution is 2.42. The van der Waals surface area contributed by atoms with E-state index in [0.717, 1.165) is 31.4 Å². The second kappa shape index (κ2) is 5.94. The summed E-state index contributed by atoms with van der Waals surface area (Å²) in [4.78, 5) is 2.64. The second-order valence-electron chi connectivity index (χ2n) is 7.16. The van der Waals surface area contributed by atoms with E-state index < -0.39 is 5.60 Å². The van der Waals surface area contributed by atoms with E-state index in [-0.39, 0.29) is 0 Å². The fourth-order valence-electron chi connectivity index (χ4n) is 4.38. The Morgan fingerprint density at radius 1 is 1.24 bits per heavy atom. The van der Waals surface area contributed by atoms with E-state index in [1.54, 1.807) is 0 Å². The van der Waals surface area contributed by atoms with Crippen molar-refractivity contribution in [3.63, 3.8) is 0 Å². The van der Waals surface area contributed by atoms with E-state index in [2.05, 4.69) is 41.8 Å². The Balaban J connectivity index is 1.74. The minimum Gasteiger partial charge on any atom is -0.389 e. The average Bonchev–Trinajstić information content (AvgIpc) is 2.40. The molecular formula is C19H27NO. The van der Waals surface area contributed by atoms with Crippen molar-refractivity contribution >= 4 is 0 Å². The zero-order chi connectivity index (χ0) is 14.9. The maximum Gasteiger partial charge on any atom is 0.0714 e. The first-order valence-electron chi connectivity index (χ1n) is 8.22. The Morgan fingerprint density at radius 2 is 1.86 bits per heavy atom. The lowest BCUT2D eigenvalue weighted by Crippen LogP contribution is -2.57. The van der Waals surface area contributed by atoms with Gasteiger partial charge in [-0.15, -0.1) is 6.58 Å². The predicted molar refractivity (Wildman–Crippen MR) is 87.0 cm³/mol. The van der Waals surface area contributed by atoms with Crippen LogP contribution >= 0.6 is 0 Å². The molecule has 114 valence electrons. The molecule has 2 aliphatic heterocycles. The highest BCUT2D eigenvalue weighted by molar-refractivity contribution is 5.16. The van der Waals surface area contributed by atoms with Crippen molar-refractivity contribution in [2.24, 2.45) is 0 Å². The van der Waals surface area contributed by atoms with Crippen LogP contribution < -0.4 is 0 Å². The van der Waals surface area contributed by atoms with E-state index in [1.807, 2.05) is 6.92 Å². The van der Waals surface area contributed by atoms with Gasteiger partial charge in [0.2, 0.25) is 0 Å². The lowest BCUT2D eigenvalue weighted by Gasteiger charge is -2.52. The highest BCUT2D eigenvalue weighted by atomic mass is 16.3. The van der Waals surface area contributed by atoms with Gasteiger partial charge in [0.25, 0.3) is 0 Å². The van der Waals surface area contributed by atoms with Crippen molar-refractivity contribution in [2.75, 3.05) is 0 Å². The molecule has 0 saturated carbocycles. The SMILES string of the molecule is C=C(C)CC1(O)CC2CCCC(C1)N2Cc1ccccc1. The average molecular weight is 285 g/mol. The van der Waals surface area contributed by atoms with Gasteiger partial charge in [0.15, 0.2) is 0 Å². The highest BCUT2D eigenvalue weighted by Gasteiger charge is 2.44. The molecule has 2 nitrogen and oxygen atoms in total. The lowest BCUT2D eigenvalue weighted by atomic mass is 9.73. The van der Waals surface area contributed by atoms with Crippen molar-refractivity contribution in [1.29, 1.82) is 0 Å². The van der Waals surface area contributed by atoms with Crippen molar-refractivity contribution in [3.05, 3.63) is 48.0 Å². The molecule has 0 amide bonds. The van der Waals surface area contributed by atoms with Crippen LogP contribution in [0.25, 0.3) is 0 Å². The molecule has 2 bridgehead atoms. The minimum atomic E-state index is -0.519. The van der Waals surface area contributed by atoms with E-state index in [9.17, 15) is 5.11 Å². The lowest BCUT2D eigenvalue weighted by molar-refractivity contribution is -0.0945. The summed E-state index contributed by atoms with van der Waals surface area (Å²) < 4.78 is 0. The molecule has 1 aromatic rings. The van der Waals surface area contributed by atoms with Gasteiger partial charge in [0.05, 0.1) is 5.60 Å². The summed E-state index contributed by atoms with van der Waals surface area (Å²) in [5.41, 5.74) is 1.97. The Labute approximate surface area is 128 Å². The monoisotopic (exact) mass is 285 g/mol. The van der Waals surface area contributed by atoms with Gasteiger partial charge in [0, 0.05) is 18.6 Å². The summed E-state index contributed by atoms with van der Waals surface area (Å²) >= 11 is 0. The normalized spacial score (nSPS) is 32.9. The van der Waals surface area contributed by atoms with E-state index in [4.69, 9.17) is 0 Å². The van der Waals surface area contributed by atoms with Crippen molar-refractivity contribution < 1.29 is 5.11 Å². The van der Waals surface area contributed by atoms with Gasteiger partial charge in [0.1, 0.15) is 0 Å². The number of piperidine rings is 2. The predicted octanol–water partition coefficient (Wildman–Crippen LogP) is 3.90. The minimum absolute atomic E-state index is 0.519. The first-order chi connectivity index (χ1) is 10.1. The van der Waals surface area contributed by atoms with Crippen LogP contribution in [0.2, 0.25) is 0 Å². The molecule has 2 aliphatic rings. The third-order valence-electron chi connectivity index (χ3n) is 5.08. The molecule has 3 rings (SSSR count). The van der Waals surface area contributed by atoms with Crippen LogP contribution in [0.4, 0.5) is 0 Å². The summed E-state index contributed by atoms with van der Waals surface area (Å²) in [6.45, 7) is 7.06. The molecule has 0 spiro atoms. The van der Waals surface area contributed by atoms with Crippen molar-refractivity contribution in [1.82, 2.24) is 4.90 Å². The molecule has 2 fully saturated rings. The molecular weight excluding hydrogens is 258 g/mol. The quantitative estimate of drug-likeness (QED) is 0.848. The number of hydrogen-bond donors (Lipinski definition) is 1.